The summed E-state index contributed by atoms with van der Waals surface area (Å²) in [6.45, 7) is 1.30. The van der Waals surface area contributed by atoms with Gasteiger partial charge in [-0.2, -0.15) is 0 Å². The van der Waals surface area contributed by atoms with Crippen LogP contribution in [0, 0.1) is 0 Å². The number of halogens is 2. The summed E-state index contributed by atoms with van der Waals surface area (Å²) < 4.78 is 7.04. The summed E-state index contributed by atoms with van der Waals surface area (Å²) in [5, 5.41) is 4.17. The largest absolute Gasteiger partial charge is 0.487 e. The summed E-state index contributed by atoms with van der Waals surface area (Å²) in [5.74, 6) is 0.781. The molecule has 0 bridgehead atoms. The Labute approximate surface area is 138 Å². The van der Waals surface area contributed by atoms with Crippen molar-refractivity contribution in [2.24, 2.45) is 0 Å². The van der Waals surface area contributed by atoms with Crippen molar-refractivity contribution in [2.75, 3.05) is 0 Å². The summed E-state index contributed by atoms with van der Waals surface area (Å²) >= 11 is 9.84. The second-order valence-electron chi connectivity index (χ2n) is 5.26. The molecule has 0 spiro atoms. The number of rotatable bonds is 6. The average molecular weight is 367 g/mol. The van der Waals surface area contributed by atoms with Crippen LogP contribution in [0.2, 0.25) is 5.02 Å². The molecule has 1 fully saturated rings. The Morgan fingerprint density at radius 1 is 1.10 bits per heavy atom. The third-order valence-electron chi connectivity index (χ3n) is 3.54. The Hall–Kier alpha value is -1.03. The lowest BCUT2D eigenvalue weighted by Crippen LogP contribution is -2.16. The Bertz CT molecular complexity index is 628. The number of hydrogen-bond acceptors (Lipinski definition) is 2. The van der Waals surface area contributed by atoms with E-state index in [1.165, 1.54) is 12.8 Å². The molecule has 2 aromatic carbocycles. The van der Waals surface area contributed by atoms with E-state index in [1.54, 1.807) is 0 Å². The minimum absolute atomic E-state index is 0.502. The van der Waals surface area contributed by atoms with Gasteiger partial charge in [-0.15, -0.1) is 0 Å². The molecule has 0 saturated heterocycles. The molecular weight excluding hydrogens is 350 g/mol. The van der Waals surface area contributed by atoms with Crippen molar-refractivity contribution in [1.29, 1.82) is 0 Å². The quantitative estimate of drug-likeness (QED) is 0.782. The zero-order chi connectivity index (χ0) is 14.7. The van der Waals surface area contributed by atoms with Gasteiger partial charge in [0.2, 0.25) is 0 Å². The molecule has 2 nitrogen and oxygen atoms in total. The molecule has 2 aromatic rings. The number of benzene rings is 2. The lowest BCUT2D eigenvalue weighted by molar-refractivity contribution is 0.301. The van der Waals surface area contributed by atoms with Crippen LogP contribution in [0.4, 0.5) is 0 Å². The summed E-state index contributed by atoms with van der Waals surface area (Å²) in [5.41, 5.74) is 2.22. The summed E-state index contributed by atoms with van der Waals surface area (Å²) in [4.78, 5) is 0. The predicted octanol–water partition coefficient (Wildman–Crippen LogP) is 4.93. The Morgan fingerprint density at radius 2 is 1.86 bits per heavy atom. The molecule has 4 heteroatoms. The van der Waals surface area contributed by atoms with E-state index in [2.05, 4.69) is 27.3 Å². The van der Waals surface area contributed by atoms with Crippen LogP contribution in [-0.2, 0) is 13.2 Å². The van der Waals surface area contributed by atoms with Gasteiger partial charge >= 0.3 is 0 Å². The minimum Gasteiger partial charge on any atom is -0.487 e. The maximum absolute atomic E-state index is 6.30. The summed E-state index contributed by atoms with van der Waals surface area (Å²) in [7, 11) is 0. The van der Waals surface area contributed by atoms with Crippen molar-refractivity contribution >= 4 is 27.5 Å². The van der Waals surface area contributed by atoms with Crippen molar-refractivity contribution < 1.29 is 4.74 Å². The van der Waals surface area contributed by atoms with Crippen LogP contribution in [0.5, 0.6) is 5.75 Å². The first kappa shape index (κ1) is 14.9. The van der Waals surface area contributed by atoms with Gasteiger partial charge in [-0.3, -0.25) is 0 Å². The van der Waals surface area contributed by atoms with Gasteiger partial charge in [0.25, 0.3) is 0 Å². The van der Waals surface area contributed by atoms with Gasteiger partial charge in [-0.1, -0.05) is 57.9 Å². The van der Waals surface area contributed by atoms with E-state index in [0.29, 0.717) is 17.7 Å². The van der Waals surface area contributed by atoms with Crippen LogP contribution in [-0.4, -0.2) is 6.04 Å². The highest BCUT2D eigenvalue weighted by Gasteiger charge is 2.21. The van der Waals surface area contributed by atoms with Gasteiger partial charge in [0.15, 0.2) is 0 Å². The van der Waals surface area contributed by atoms with Gasteiger partial charge in [0.1, 0.15) is 12.4 Å². The van der Waals surface area contributed by atoms with Gasteiger partial charge in [-0.05, 0) is 25.0 Å². The molecule has 0 unspecified atom stereocenters. The zero-order valence-corrected chi connectivity index (χ0v) is 14.0. The molecule has 0 amide bonds. The molecule has 1 saturated carbocycles. The van der Waals surface area contributed by atoms with E-state index < -0.39 is 0 Å². The normalized spacial score (nSPS) is 14.2. The number of nitrogens with one attached hydrogen (secondary N) is 1. The molecule has 1 N–H and O–H groups in total. The highest BCUT2D eigenvalue weighted by atomic mass is 79.9. The highest BCUT2D eigenvalue weighted by molar-refractivity contribution is 9.10. The maximum Gasteiger partial charge on any atom is 0.142 e. The fraction of sp³-hybridized carbons (Fsp3) is 0.294. The molecule has 110 valence electrons. The standard InChI is InChI=1S/C17H17BrClNO/c18-15-6-2-1-4-13(15)11-21-17-12(5-3-7-16(17)19)10-20-14-8-9-14/h1-7,14,20H,8-11H2. The fourth-order valence-electron chi connectivity index (χ4n) is 2.16. The molecule has 1 aliphatic carbocycles. The monoisotopic (exact) mass is 365 g/mol. The highest BCUT2D eigenvalue weighted by Crippen LogP contribution is 2.31. The first-order valence-electron chi connectivity index (χ1n) is 7.11. The van der Waals surface area contributed by atoms with Crippen LogP contribution in [0.25, 0.3) is 0 Å². The number of ether oxygens (including phenoxy) is 1. The van der Waals surface area contributed by atoms with Crippen LogP contribution < -0.4 is 10.1 Å². The summed E-state index contributed by atoms with van der Waals surface area (Å²) in [6, 6.07) is 14.6. The lowest BCUT2D eigenvalue weighted by atomic mass is 10.2. The van der Waals surface area contributed by atoms with Crippen LogP contribution in [0.15, 0.2) is 46.9 Å². The van der Waals surface area contributed by atoms with Crippen molar-refractivity contribution in [1.82, 2.24) is 5.32 Å². The molecule has 0 aromatic heterocycles. The molecule has 0 heterocycles. The maximum atomic E-state index is 6.30. The van der Waals surface area contributed by atoms with Crippen LogP contribution in [0.1, 0.15) is 24.0 Å². The second-order valence-corrected chi connectivity index (χ2v) is 6.52. The molecule has 21 heavy (non-hydrogen) atoms. The molecular formula is C17H17BrClNO. The Morgan fingerprint density at radius 3 is 2.62 bits per heavy atom. The first-order valence-corrected chi connectivity index (χ1v) is 8.28. The van der Waals surface area contributed by atoms with E-state index in [0.717, 1.165) is 27.9 Å². The number of para-hydroxylation sites is 1. The zero-order valence-electron chi connectivity index (χ0n) is 11.6. The van der Waals surface area contributed by atoms with Crippen LogP contribution >= 0.6 is 27.5 Å². The Kier molecular flexibility index (Phi) is 4.84. The van der Waals surface area contributed by atoms with Crippen LogP contribution in [0.3, 0.4) is 0 Å². The van der Waals surface area contributed by atoms with E-state index >= 15 is 0 Å². The first-order chi connectivity index (χ1) is 10.2. The minimum atomic E-state index is 0.502. The molecule has 0 radical (unpaired) electrons. The van der Waals surface area contributed by atoms with Crippen molar-refractivity contribution in [3.63, 3.8) is 0 Å². The third-order valence-corrected chi connectivity index (χ3v) is 4.61. The number of hydrogen-bond donors (Lipinski definition) is 1. The topological polar surface area (TPSA) is 21.3 Å². The molecule has 0 aliphatic heterocycles. The van der Waals surface area contributed by atoms with Gasteiger partial charge in [0, 0.05) is 28.2 Å². The van der Waals surface area contributed by atoms with Crippen molar-refractivity contribution in [3.8, 4) is 5.75 Å². The second kappa shape index (κ2) is 6.82. The van der Waals surface area contributed by atoms with Gasteiger partial charge < -0.3 is 10.1 Å². The SMILES string of the molecule is Clc1cccc(CNC2CC2)c1OCc1ccccc1Br. The lowest BCUT2D eigenvalue weighted by Gasteiger charge is -2.14. The average Bonchev–Trinajstić information content (AvgIpc) is 3.30. The fourth-order valence-corrected chi connectivity index (χ4v) is 2.81. The van der Waals surface area contributed by atoms with E-state index in [4.69, 9.17) is 16.3 Å². The third kappa shape index (κ3) is 4.00. The summed E-state index contributed by atoms with van der Waals surface area (Å²) in [6.07, 6.45) is 2.54. The van der Waals surface area contributed by atoms with Crippen molar-refractivity contribution in [3.05, 3.63) is 63.1 Å². The van der Waals surface area contributed by atoms with Gasteiger partial charge in [0.05, 0.1) is 5.02 Å². The van der Waals surface area contributed by atoms with Crippen molar-refractivity contribution in [2.45, 2.75) is 32.0 Å². The molecule has 1 aliphatic rings. The van der Waals surface area contributed by atoms with E-state index in [-0.39, 0.29) is 0 Å². The van der Waals surface area contributed by atoms with Gasteiger partial charge in [-0.25, -0.2) is 0 Å². The van der Waals surface area contributed by atoms with E-state index in [9.17, 15) is 0 Å². The molecule has 3 rings (SSSR count). The molecule has 0 atom stereocenters. The smallest absolute Gasteiger partial charge is 0.142 e. The van der Waals surface area contributed by atoms with E-state index in [1.807, 2.05) is 36.4 Å². The predicted molar refractivity (Wildman–Crippen MR) is 89.8 cm³/mol. The Balaban J connectivity index is 1.72.